The van der Waals surface area contributed by atoms with Crippen molar-refractivity contribution >= 4 is 5.91 Å². The summed E-state index contributed by atoms with van der Waals surface area (Å²) in [4.78, 5) is 16.3. The van der Waals surface area contributed by atoms with Crippen molar-refractivity contribution in [2.24, 2.45) is 17.6 Å². The lowest BCUT2D eigenvalue weighted by atomic mass is 9.93. The van der Waals surface area contributed by atoms with Gasteiger partial charge in [-0.1, -0.05) is 6.92 Å². The lowest BCUT2D eigenvalue weighted by Gasteiger charge is -2.31. The minimum atomic E-state index is 0.316. The van der Waals surface area contributed by atoms with E-state index in [-0.39, 0.29) is 0 Å². The van der Waals surface area contributed by atoms with Gasteiger partial charge in [0.05, 0.1) is 0 Å². The normalized spacial score (nSPS) is 27.1. The van der Waals surface area contributed by atoms with Gasteiger partial charge in [0.25, 0.3) is 0 Å². The molecular weight excluding hydrogens is 226 g/mol. The van der Waals surface area contributed by atoms with Crippen molar-refractivity contribution in [1.29, 1.82) is 0 Å². The number of amides is 1. The van der Waals surface area contributed by atoms with Gasteiger partial charge in [0.15, 0.2) is 0 Å². The van der Waals surface area contributed by atoms with E-state index in [4.69, 9.17) is 5.73 Å². The van der Waals surface area contributed by atoms with Crippen LogP contribution in [-0.4, -0.2) is 55.0 Å². The zero-order valence-electron chi connectivity index (χ0n) is 11.6. The Balaban J connectivity index is 1.68. The van der Waals surface area contributed by atoms with E-state index in [0.717, 1.165) is 19.0 Å². The van der Waals surface area contributed by atoms with Crippen molar-refractivity contribution in [1.82, 2.24) is 9.80 Å². The van der Waals surface area contributed by atoms with Crippen molar-refractivity contribution in [3.8, 4) is 0 Å². The zero-order valence-corrected chi connectivity index (χ0v) is 11.6. The van der Waals surface area contributed by atoms with Crippen LogP contribution in [0.3, 0.4) is 0 Å². The number of piperidine rings is 1. The molecule has 0 aromatic carbocycles. The first-order chi connectivity index (χ1) is 8.72. The third kappa shape index (κ3) is 3.45. The van der Waals surface area contributed by atoms with Crippen LogP contribution in [0.15, 0.2) is 0 Å². The molecule has 2 aliphatic rings. The molecule has 0 aliphatic carbocycles. The minimum absolute atomic E-state index is 0.316. The van der Waals surface area contributed by atoms with Crippen LogP contribution in [0, 0.1) is 11.8 Å². The monoisotopic (exact) mass is 253 g/mol. The average molecular weight is 253 g/mol. The van der Waals surface area contributed by atoms with Gasteiger partial charge >= 0.3 is 0 Å². The van der Waals surface area contributed by atoms with Crippen molar-refractivity contribution in [3.63, 3.8) is 0 Å². The minimum Gasteiger partial charge on any atom is -0.342 e. The third-order valence-electron chi connectivity index (χ3n) is 4.59. The van der Waals surface area contributed by atoms with E-state index in [2.05, 4.69) is 11.8 Å². The van der Waals surface area contributed by atoms with Crippen LogP contribution in [0.2, 0.25) is 0 Å². The topological polar surface area (TPSA) is 49.6 Å². The quantitative estimate of drug-likeness (QED) is 0.792. The van der Waals surface area contributed by atoms with Gasteiger partial charge in [-0.05, 0) is 57.3 Å². The van der Waals surface area contributed by atoms with Gasteiger partial charge in [0.2, 0.25) is 5.91 Å². The number of hydrogen-bond donors (Lipinski definition) is 1. The summed E-state index contributed by atoms with van der Waals surface area (Å²) in [5.74, 6) is 1.54. The molecule has 1 amide bonds. The first-order valence-corrected chi connectivity index (χ1v) is 7.43. The van der Waals surface area contributed by atoms with Gasteiger partial charge in [-0.3, -0.25) is 4.79 Å². The van der Waals surface area contributed by atoms with Crippen molar-refractivity contribution in [2.75, 3.05) is 39.3 Å². The number of rotatable bonds is 5. The number of carbonyl (C=O) groups excluding carboxylic acids is 1. The highest BCUT2D eigenvalue weighted by atomic mass is 16.2. The fraction of sp³-hybridized carbons (Fsp3) is 0.929. The summed E-state index contributed by atoms with van der Waals surface area (Å²) in [7, 11) is 0. The molecule has 4 nitrogen and oxygen atoms in total. The molecule has 2 fully saturated rings. The summed E-state index contributed by atoms with van der Waals surface area (Å²) in [6.07, 6.45) is 4.46. The van der Waals surface area contributed by atoms with Gasteiger partial charge in [0, 0.05) is 19.5 Å². The molecule has 2 heterocycles. The maximum absolute atomic E-state index is 11.8. The molecule has 18 heavy (non-hydrogen) atoms. The molecule has 2 rings (SSSR count). The molecule has 0 radical (unpaired) electrons. The van der Waals surface area contributed by atoms with Crippen LogP contribution in [0.25, 0.3) is 0 Å². The van der Waals surface area contributed by atoms with Gasteiger partial charge < -0.3 is 15.5 Å². The standard InChI is InChI=1S/C14H27N3O/c1-2-16-6-3-12(4-7-16)5-8-17-11-13(10-15)9-14(17)18/h12-13H,2-11,15H2,1H3. The zero-order chi connectivity index (χ0) is 13.0. The predicted octanol–water partition coefficient (Wildman–Crippen LogP) is 0.916. The van der Waals surface area contributed by atoms with E-state index in [1.165, 1.54) is 38.9 Å². The summed E-state index contributed by atoms with van der Waals surface area (Å²) >= 11 is 0. The number of nitrogens with zero attached hydrogens (tertiary/aromatic N) is 2. The molecule has 0 aromatic rings. The summed E-state index contributed by atoms with van der Waals surface area (Å²) < 4.78 is 0. The Morgan fingerprint density at radius 1 is 1.28 bits per heavy atom. The predicted molar refractivity (Wildman–Crippen MR) is 73.2 cm³/mol. The molecule has 2 N–H and O–H groups in total. The average Bonchev–Trinajstić information content (AvgIpc) is 2.77. The van der Waals surface area contributed by atoms with Crippen LogP contribution in [0.5, 0.6) is 0 Å². The van der Waals surface area contributed by atoms with Crippen molar-refractivity contribution in [2.45, 2.75) is 32.6 Å². The van der Waals surface area contributed by atoms with E-state index >= 15 is 0 Å². The van der Waals surface area contributed by atoms with Gasteiger partial charge in [0.1, 0.15) is 0 Å². The Labute approximate surface area is 110 Å². The highest BCUT2D eigenvalue weighted by Gasteiger charge is 2.29. The Kier molecular flexibility index (Phi) is 5.01. The van der Waals surface area contributed by atoms with Crippen molar-refractivity contribution in [3.05, 3.63) is 0 Å². The summed E-state index contributed by atoms with van der Waals surface area (Å²) in [5.41, 5.74) is 5.64. The number of hydrogen-bond acceptors (Lipinski definition) is 3. The maximum Gasteiger partial charge on any atom is 0.222 e. The molecule has 0 bridgehead atoms. The molecule has 0 saturated carbocycles. The molecule has 1 atom stereocenters. The van der Waals surface area contributed by atoms with Crippen LogP contribution in [-0.2, 0) is 4.79 Å². The second-order valence-corrected chi connectivity index (χ2v) is 5.81. The Hall–Kier alpha value is -0.610. The van der Waals surface area contributed by atoms with Gasteiger partial charge in [-0.15, -0.1) is 0 Å². The highest BCUT2D eigenvalue weighted by Crippen LogP contribution is 2.23. The van der Waals surface area contributed by atoms with E-state index in [1.54, 1.807) is 0 Å². The number of likely N-dealkylation sites (tertiary alicyclic amines) is 2. The fourth-order valence-electron chi connectivity index (χ4n) is 3.16. The SMILES string of the molecule is CCN1CCC(CCN2CC(CN)CC2=O)CC1. The fourth-order valence-corrected chi connectivity index (χ4v) is 3.16. The van der Waals surface area contributed by atoms with E-state index in [9.17, 15) is 4.79 Å². The van der Waals surface area contributed by atoms with E-state index in [0.29, 0.717) is 24.8 Å². The van der Waals surface area contributed by atoms with Crippen molar-refractivity contribution < 1.29 is 4.79 Å². The Morgan fingerprint density at radius 3 is 2.56 bits per heavy atom. The first kappa shape index (κ1) is 13.8. The van der Waals surface area contributed by atoms with E-state index in [1.807, 2.05) is 4.90 Å². The first-order valence-electron chi connectivity index (χ1n) is 7.43. The molecule has 104 valence electrons. The lowest BCUT2D eigenvalue weighted by molar-refractivity contribution is -0.127. The third-order valence-corrected chi connectivity index (χ3v) is 4.59. The Morgan fingerprint density at radius 2 is 2.00 bits per heavy atom. The number of nitrogens with two attached hydrogens (primary N) is 1. The lowest BCUT2D eigenvalue weighted by Crippen LogP contribution is -2.35. The van der Waals surface area contributed by atoms with Crippen LogP contribution in [0.1, 0.15) is 32.6 Å². The molecule has 2 aliphatic heterocycles. The summed E-state index contributed by atoms with van der Waals surface area (Å²) in [5, 5.41) is 0. The second-order valence-electron chi connectivity index (χ2n) is 5.81. The summed E-state index contributed by atoms with van der Waals surface area (Å²) in [6.45, 7) is 8.37. The number of carbonyl (C=O) groups is 1. The molecule has 0 aromatic heterocycles. The van der Waals surface area contributed by atoms with Gasteiger partial charge in [-0.25, -0.2) is 0 Å². The largest absolute Gasteiger partial charge is 0.342 e. The second kappa shape index (κ2) is 6.53. The molecule has 2 saturated heterocycles. The molecule has 4 heteroatoms. The maximum atomic E-state index is 11.8. The van der Waals surface area contributed by atoms with Crippen LogP contribution >= 0.6 is 0 Å². The van der Waals surface area contributed by atoms with E-state index < -0.39 is 0 Å². The van der Waals surface area contributed by atoms with Crippen LogP contribution < -0.4 is 5.73 Å². The summed E-state index contributed by atoms with van der Waals surface area (Å²) in [6, 6.07) is 0. The van der Waals surface area contributed by atoms with Crippen LogP contribution in [0.4, 0.5) is 0 Å². The molecule has 0 spiro atoms. The Bertz CT molecular complexity index is 274. The molecule has 1 unspecified atom stereocenters. The molecular formula is C14H27N3O. The smallest absolute Gasteiger partial charge is 0.222 e. The van der Waals surface area contributed by atoms with Gasteiger partial charge in [-0.2, -0.15) is 0 Å². The highest BCUT2D eigenvalue weighted by molar-refractivity contribution is 5.78.